The average Bonchev–Trinajstić information content (AvgIpc) is 3.07. The topological polar surface area (TPSA) is 64.0 Å². The van der Waals surface area contributed by atoms with E-state index in [1.54, 1.807) is 18.2 Å². The van der Waals surface area contributed by atoms with E-state index in [4.69, 9.17) is 11.6 Å². The Morgan fingerprint density at radius 2 is 1.86 bits per heavy atom. The fourth-order valence-corrected chi connectivity index (χ4v) is 3.50. The van der Waals surface area contributed by atoms with Gasteiger partial charge in [0.25, 0.3) is 11.5 Å². The van der Waals surface area contributed by atoms with Gasteiger partial charge in [0.2, 0.25) is 5.91 Å². The molecule has 3 aromatic rings. The molecule has 0 saturated heterocycles. The highest BCUT2D eigenvalue weighted by atomic mass is 35.5. The SMILES string of the molecule is CC(C(=O)Nc1ccc(C(C)(F)F)cc1)n1nc(-c2ccc(Cl)s2)ccc1=O. The van der Waals surface area contributed by atoms with Crippen molar-refractivity contribution in [3.05, 3.63) is 68.8 Å². The van der Waals surface area contributed by atoms with Crippen LogP contribution in [0.4, 0.5) is 14.5 Å². The number of amides is 1. The second-order valence-electron chi connectivity index (χ2n) is 6.24. The molecule has 0 spiro atoms. The van der Waals surface area contributed by atoms with Gasteiger partial charge in [-0.25, -0.2) is 13.5 Å². The zero-order chi connectivity index (χ0) is 20.5. The summed E-state index contributed by atoms with van der Waals surface area (Å²) in [5.41, 5.74) is 0.276. The fraction of sp³-hybridized carbons (Fsp3) is 0.211. The highest BCUT2D eigenvalue weighted by Gasteiger charge is 2.24. The monoisotopic (exact) mass is 423 g/mol. The van der Waals surface area contributed by atoms with Gasteiger partial charge in [0.1, 0.15) is 11.7 Å². The van der Waals surface area contributed by atoms with Gasteiger partial charge in [-0.15, -0.1) is 11.3 Å². The molecular weight excluding hydrogens is 408 g/mol. The molecule has 0 aliphatic rings. The molecule has 1 N–H and O–H groups in total. The minimum absolute atomic E-state index is 0.154. The number of nitrogens with zero attached hydrogens (tertiary/aromatic N) is 2. The maximum atomic E-state index is 13.3. The first-order valence-corrected chi connectivity index (χ1v) is 9.49. The lowest BCUT2D eigenvalue weighted by molar-refractivity contribution is -0.119. The molecule has 0 bridgehead atoms. The van der Waals surface area contributed by atoms with Crippen molar-refractivity contribution in [3.63, 3.8) is 0 Å². The second-order valence-corrected chi connectivity index (χ2v) is 7.95. The molecule has 146 valence electrons. The van der Waals surface area contributed by atoms with E-state index in [9.17, 15) is 18.4 Å². The Bertz CT molecular complexity index is 1060. The molecular formula is C19H16ClF2N3O2S. The molecule has 1 aromatic carbocycles. The number of benzene rings is 1. The standard InChI is InChI=1S/C19H16ClF2N3O2S/c1-11(18(27)23-13-5-3-12(4-6-13)19(2,21)22)25-17(26)10-7-14(24-25)15-8-9-16(20)28-15/h3-11H,1-2H3,(H,23,27). The molecule has 5 nitrogen and oxygen atoms in total. The number of aromatic nitrogens is 2. The Morgan fingerprint density at radius 1 is 1.18 bits per heavy atom. The number of nitrogens with one attached hydrogen (secondary N) is 1. The van der Waals surface area contributed by atoms with Gasteiger partial charge in [0.15, 0.2) is 0 Å². The zero-order valence-electron chi connectivity index (χ0n) is 14.9. The number of rotatable bonds is 5. The summed E-state index contributed by atoms with van der Waals surface area (Å²) in [7, 11) is 0. The van der Waals surface area contributed by atoms with Crippen molar-refractivity contribution in [1.82, 2.24) is 9.78 Å². The Morgan fingerprint density at radius 3 is 2.43 bits per heavy atom. The molecule has 0 aliphatic carbocycles. The Balaban J connectivity index is 1.80. The molecule has 0 aliphatic heterocycles. The van der Waals surface area contributed by atoms with Crippen LogP contribution in [0.1, 0.15) is 25.5 Å². The van der Waals surface area contributed by atoms with E-state index >= 15 is 0 Å². The molecule has 1 atom stereocenters. The third kappa shape index (κ3) is 4.45. The van der Waals surface area contributed by atoms with Crippen LogP contribution < -0.4 is 10.9 Å². The quantitative estimate of drug-likeness (QED) is 0.632. The molecule has 28 heavy (non-hydrogen) atoms. The van der Waals surface area contributed by atoms with Crippen LogP contribution in [0.5, 0.6) is 0 Å². The van der Waals surface area contributed by atoms with Crippen LogP contribution in [0, 0.1) is 0 Å². The minimum atomic E-state index is -2.96. The van der Waals surface area contributed by atoms with E-state index in [1.165, 1.54) is 48.6 Å². The number of hydrogen-bond acceptors (Lipinski definition) is 4. The van der Waals surface area contributed by atoms with Gasteiger partial charge in [0, 0.05) is 24.2 Å². The van der Waals surface area contributed by atoms with Gasteiger partial charge >= 0.3 is 0 Å². The predicted octanol–water partition coefficient (Wildman–Crippen LogP) is 4.94. The molecule has 1 amide bonds. The van der Waals surface area contributed by atoms with Gasteiger partial charge in [0.05, 0.1) is 9.21 Å². The van der Waals surface area contributed by atoms with Crippen LogP contribution in [-0.4, -0.2) is 15.7 Å². The molecule has 3 rings (SSSR count). The summed E-state index contributed by atoms with van der Waals surface area (Å²) in [5.74, 6) is -3.45. The van der Waals surface area contributed by atoms with E-state index in [1.807, 2.05) is 0 Å². The number of carbonyl (C=O) groups is 1. The lowest BCUT2D eigenvalue weighted by Crippen LogP contribution is -2.33. The van der Waals surface area contributed by atoms with Crippen LogP contribution in [-0.2, 0) is 10.7 Å². The number of alkyl halides is 2. The highest BCUT2D eigenvalue weighted by molar-refractivity contribution is 7.19. The summed E-state index contributed by atoms with van der Waals surface area (Å²) in [5, 5.41) is 6.87. The molecule has 9 heteroatoms. The zero-order valence-corrected chi connectivity index (χ0v) is 16.5. The van der Waals surface area contributed by atoms with E-state index in [2.05, 4.69) is 10.4 Å². The molecule has 0 fully saturated rings. The number of anilines is 1. The lowest BCUT2D eigenvalue weighted by atomic mass is 10.1. The lowest BCUT2D eigenvalue weighted by Gasteiger charge is -2.15. The first-order chi connectivity index (χ1) is 13.1. The van der Waals surface area contributed by atoms with E-state index in [0.29, 0.717) is 15.7 Å². The van der Waals surface area contributed by atoms with Gasteiger partial charge in [-0.2, -0.15) is 5.10 Å². The Kier molecular flexibility index (Phi) is 5.62. The Labute approximate surface area is 168 Å². The average molecular weight is 424 g/mol. The molecule has 2 heterocycles. The molecule has 0 saturated carbocycles. The van der Waals surface area contributed by atoms with Crippen molar-refractivity contribution in [3.8, 4) is 10.6 Å². The summed E-state index contributed by atoms with van der Waals surface area (Å²) < 4.78 is 28.2. The third-order valence-electron chi connectivity index (χ3n) is 4.06. The van der Waals surface area contributed by atoms with Crippen molar-refractivity contribution in [1.29, 1.82) is 0 Å². The molecule has 0 radical (unpaired) electrons. The third-order valence-corrected chi connectivity index (χ3v) is 5.31. The highest BCUT2D eigenvalue weighted by Crippen LogP contribution is 2.29. The van der Waals surface area contributed by atoms with Gasteiger partial charge in [-0.05, 0) is 37.3 Å². The summed E-state index contributed by atoms with van der Waals surface area (Å²) in [6, 6.07) is 10.7. The smallest absolute Gasteiger partial charge is 0.270 e. The van der Waals surface area contributed by atoms with Crippen LogP contribution >= 0.6 is 22.9 Å². The van der Waals surface area contributed by atoms with Gasteiger partial charge in [-0.3, -0.25) is 9.59 Å². The van der Waals surface area contributed by atoms with Crippen molar-refractivity contribution in [2.45, 2.75) is 25.8 Å². The summed E-state index contributed by atoms with van der Waals surface area (Å²) in [6.07, 6.45) is 0. The second kappa shape index (κ2) is 7.81. The first kappa shape index (κ1) is 20.2. The molecule has 1 unspecified atom stereocenters. The predicted molar refractivity (Wildman–Crippen MR) is 106 cm³/mol. The summed E-state index contributed by atoms with van der Waals surface area (Å²) >= 11 is 7.24. The minimum Gasteiger partial charge on any atom is -0.324 e. The van der Waals surface area contributed by atoms with Crippen molar-refractivity contribution in [2.24, 2.45) is 0 Å². The van der Waals surface area contributed by atoms with Crippen molar-refractivity contribution in [2.75, 3.05) is 5.32 Å². The first-order valence-electron chi connectivity index (χ1n) is 8.30. The van der Waals surface area contributed by atoms with Crippen LogP contribution in [0.25, 0.3) is 10.6 Å². The van der Waals surface area contributed by atoms with Gasteiger partial charge in [-0.1, -0.05) is 23.7 Å². The van der Waals surface area contributed by atoms with E-state index < -0.39 is 23.4 Å². The van der Waals surface area contributed by atoms with Crippen molar-refractivity contribution >= 4 is 34.5 Å². The van der Waals surface area contributed by atoms with Crippen LogP contribution in [0.15, 0.2) is 53.3 Å². The van der Waals surface area contributed by atoms with Crippen LogP contribution in [0.3, 0.4) is 0 Å². The Hall–Kier alpha value is -2.58. The normalized spacial score (nSPS) is 12.6. The maximum Gasteiger partial charge on any atom is 0.270 e. The number of halogens is 3. The summed E-state index contributed by atoms with van der Waals surface area (Å²) in [4.78, 5) is 25.5. The van der Waals surface area contributed by atoms with Gasteiger partial charge < -0.3 is 5.32 Å². The summed E-state index contributed by atoms with van der Waals surface area (Å²) in [6.45, 7) is 2.33. The van der Waals surface area contributed by atoms with Crippen LogP contribution in [0.2, 0.25) is 4.34 Å². The van der Waals surface area contributed by atoms with E-state index in [-0.39, 0.29) is 5.56 Å². The largest absolute Gasteiger partial charge is 0.324 e. The number of hydrogen-bond donors (Lipinski definition) is 1. The number of thiophene rings is 1. The fourth-order valence-electron chi connectivity index (χ4n) is 2.49. The van der Waals surface area contributed by atoms with Crippen molar-refractivity contribution < 1.29 is 13.6 Å². The maximum absolute atomic E-state index is 13.3. The number of carbonyl (C=O) groups excluding carboxylic acids is 1. The molecule has 2 aromatic heterocycles. The van der Waals surface area contributed by atoms with E-state index in [0.717, 1.165) is 16.5 Å².